The zero-order valence-electron chi connectivity index (χ0n) is 16.9. The Hall–Kier alpha value is -2.67. The molecule has 3 nitrogen and oxygen atoms in total. The van der Waals surface area contributed by atoms with E-state index in [-0.39, 0.29) is 12.6 Å². The van der Waals surface area contributed by atoms with Crippen molar-refractivity contribution >= 4 is 0 Å². The number of aliphatic hydroxyl groups is 1. The number of aliphatic hydroxyl groups excluding tert-OH is 1. The predicted octanol–water partition coefficient (Wildman–Crippen LogP) is 4.47. The van der Waals surface area contributed by atoms with Gasteiger partial charge in [0.25, 0.3) is 0 Å². The third-order valence-electron chi connectivity index (χ3n) is 5.66. The van der Waals surface area contributed by atoms with E-state index in [0.717, 1.165) is 27.8 Å². The van der Waals surface area contributed by atoms with Gasteiger partial charge in [-0.05, 0) is 34.2 Å². The maximum absolute atomic E-state index is 12.6. The lowest BCUT2D eigenvalue weighted by molar-refractivity contribution is -0.125. The fourth-order valence-electron chi connectivity index (χ4n) is 4.23. The lowest BCUT2D eigenvalue weighted by Crippen LogP contribution is -2.48. The second-order valence-electron chi connectivity index (χ2n) is 7.88. The first-order chi connectivity index (χ1) is 14.9. The van der Waals surface area contributed by atoms with Crippen LogP contribution in [0.5, 0.6) is 0 Å². The van der Waals surface area contributed by atoms with Crippen molar-refractivity contribution in [3.05, 3.63) is 95.6 Å². The molecule has 6 heteroatoms. The summed E-state index contributed by atoms with van der Waals surface area (Å²) in [6.45, 7) is -1.28. The molecule has 1 aliphatic carbocycles. The highest BCUT2D eigenvalue weighted by Crippen LogP contribution is 2.43. The third kappa shape index (κ3) is 5.15. The van der Waals surface area contributed by atoms with Crippen molar-refractivity contribution in [3.8, 4) is 11.1 Å². The lowest BCUT2D eigenvalue weighted by Gasteiger charge is -2.29. The molecule has 2 atom stereocenters. The molecular formula is C25H25F3N2O. The van der Waals surface area contributed by atoms with Crippen molar-refractivity contribution in [1.29, 1.82) is 0 Å². The first-order valence-corrected chi connectivity index (χ1v) is 10.4. The van der Waals surface area contributed by atoms with Crippen LogP contribution in [0.1, 0.15) is 22.7 Å². The molecule has 1 aliphatic rings. The molecule has 162 valence electrons. The average Bonchev–Trinajstić information content (AvgIpc) is 3.07. The van der Waals surface area contributed by atoms with Crippen LogP contribution in [0.3, 0.4) is 0 Å². The molecule has 0 bridgehead atoms. The normalized spacial score (nSPS) is 15.4. The van der Waals surface area contributed by atoms with E-state index in [1.54, 1.807) is 0 Å². The van der Waals surface area contributed by atoms with Gasteiger partial charge in [0.2, 0.25) is 0 Å². The Morgan fingerprint density at radius 3 is 1.94 bits per heavy atom. The monoisotopic (exact) mass is 426 g/mol. The van der Waals surface area contributed by atoms with Crippen molar-refractivity contribution in [2.24, 2.45) is 0 Å². The van der Waals surface area contributed by atoms with Crippen LogP contribution >= 0.6 is 0 Å². The molecular weight excluding hydrogens is 401 g/mol. The van der Waals surface area contributed by atoms with Crippen LogP contribution in [0.25, 0.3) is 11.1 Å². The van der Waals surface area contributed by atoms with Crippen molar-refractivity contribution in [2.45, 2.75) is 30.8 Å². The Kier molecular flexibility index (Phi) is 6.41. The van der Waals surface area contributed by atoms with Crippen molar-refractivity contribution in [3.63, 3.8) is 0 Å². The van der Waals surface area contributed by atoms with Gasteiger partial charge in [-0.15, -0.1) is 0 Å². The Bertz CT molecular complexity index is 961. The summed E-state index contributed by atoms with van der Waals surface area (Å²) in [4.78, 5) is 0. The highest BCUT2D eigenvalue weighted by molar-refractivity contribution is 5.78. The molecule has 0 fully saturated rings. The van der Waals surface area contributed by atoms with Gasteiger partial charge in [0, 0.05) is 12.6 Å². The number of fused-ring (bicyclic) bond motifs is 3. The van der Waals surface area contributed by atoms with Gasteiger partial charge in [-0.3, -0.25) is 0 Å². The Morgan fingerprint density at radius 2 is 1.35 bits per heavy atom. The fourth-order valence-corrected chi connectivity index (χ4v) is 4.23. The summed E-state index contributed by atoms with van der Waals surface area (Å²) in [5.74, 6) is 0. The Balaban J connectivity index is 1.58. The van der Waals surface area contributed by atoms with Crippen LogP contribution in [0.4, 0.5) is 13.2 Å². The van der Waals surface area contributed by atoms with Crippen LogP contribution < -0.4 is 10.6 Å². The molecule has 0 unspecified atom stereocenters. The second-order valence-corrected chi connectivity index (χ2v) is 7.88. The van der Waals surface area contributed by atoms with E-state index in [4.69, 9.17) is 0 Å². The van der Waals surface area contributed by atoms with Crippen molar-refractivity contribution < 1.29 is 18.3 Å². The predicted molar refractivity (Wildman–Crippen MR) is 116 cm³/mol. The van der Waals surface area contributed by atoms with Gasteiger partial charge in [-0.2, -0.15) is 13.2 Å². The van der Waals surface area contributed by atoms with Crippen LogP contribution in [-0.4, -0.2) is 36.5 Å². The summed E-state index contributed by atoms with van der Waals surface area (Å²) < 4.78 is 37.7. The number of rotatable bonds is 8. The second kappa shape index (κ2) is 9.22. The quantitative estimate of drug-likeness (QED) is 0.498. The van der Waals surface area contributed by atoms with Crippen LogP contribution in [0.15, 0.2) is 78.9 Å². The fraction of sp³-hybridized carbons (Fsp3) is 0.280. The molecule has 31 heavy (non-hydrogen) atoms. The molecule has 3 N–H and O–H groups in total. The van der Waals surface area contributed by atoms with Gasteiger partial charge in [-0.1, -0.05) is 78.9 Å². The highest BCUT2D eigenvalue weighted by atomic mass is 19.4. The number of hydrogen-bond acceptors (Lipinski definition) is 3. The Morgan fingerprint density at radius 1 is 0.806 bits per heavy atom. The van der Waals surface area contributed by atoms with Crippen molar-refractivity contribution in [2.75, 3.05) is 13.1 Å². The van der Waals surface area contributed by atoms with E-state index >= 15 is 0 Å². The molecule has 4 rings (SSSR count). The molecule has 0 spiro atoms. The van der Waals surface area contributed by atoms with Gasteiger partial charge < -0.3 is 15.7 Å². The van der Waals surface area contributed by atoms with E-state index in [9.17, 15) is 18.3 Å². The minimum atomic E-state index is -4.31. The molecule has 0 aromatic heterocycles. The van der Waals surface area contributed by atoms with Gasteiger partial charge >= 0.3 is 6.18 Å². The molecule has 0 amide bonds. The van der Waals surface area contributed by atoms with E-state index < -0.39 is 24.9 Å². The first-order valence-electron chi connectivity index (χ1n) is 10.4. The molecule has 3 aromatic rings. The van der Waals surface area contributed by atoms with Gasteiger partial charge in [0.05, 0.1) is 18.7 Å². The van der Waals surface area contributed by atoms with Crippen LogP contribution in [0, 0.1) is 0 Å². The summed E-state index contributed by atoms with van der Waals surface area (Å²) >= 11 is 0. The van der Waals surface area contributed by atoms with E-state index in [1.165, 1.54) is 0 Å². The minimum absolute atomic E-state index is 0.140. The van der Waals surface area contributed by atoms with E-state index in [1.807, 2.05) is 54.6 Å². The molecule has 0 radical (unpaired) electrons. The van der Waals surface area contributed by atoms with E-state index in [0.29, 0.717) is 6.42 Å². The summed E-state index contributed by atoms with van der Waals surface area (Å²) in [6, 6.07) is 25.3. The summed E-state index contributed by atoms with van der Waals surface area (Å²) in [5.41, 5.74) is 5.50. The zero-order chi connectivity index (χ0) is 21.8. The maximum Gasteiger partial charge on any atom is 0.401 e. The van der Waals surface area contributed by atoms with Gasteiger partial charge in [0.15, 0.2) is 0 Å². The number of hydrogen-bond donors (Lipinski definition) is 3. The highest BCUT2D eigenvalue weighted by Gasteiger charge is 2.32. The van der Waals surface area contributed by atoms with Crippen LogP contribution in [-0.2, 0) is 6.42 Å². The molecule has 0 saturated heterocycles. The number of benzene rings is 3. The summed E-state index contributed by atoms with van der Waals surface area (Å²) in [7, 11) is 0. The molecule has 0 aliphatic heterocycles. The van der Waals surface area contributed by atoms with Crippen LogP contribution in [0.2, 0.25) is 0 Å². The standard InChI is InChI=1S/C25H25F3N2O/c26-25(27,28)16-29-15-23(31)22(14-17-8-2-1-3-9-17)30-24-20-12-6-4-10-18(20)19-11-5-7-13-21(19)24/h1-13,22-24,29-31H,14-16H2/t22-,23+/m0/s1. The molecule has 0 saturated carbocycles. The number of alkyl halides is 3. The minimum Gasteiger partial charge on any atom is -0.390 e. The lowest BCUT2D eigenvalue weighted by atomic mass is 9.97. The Labute approximate surface area is 179 Å². The number of halogens is 3. The largest absolute Gasteiger partial charge is 0.401 e. The van der Waals surface area contributed by atoms with Gasteiger partial charge in [-0.25, -0.2) is 0 Å². The van der Waals surface area contributed by atoms with E-state index in [2.05, 4.69) is 34.9 Å². The number of nitrogens with one attached hydrogen (secondary N) is 2. The van der Waals surface area contributed by atoms with Crippen molar-refractivity contribution in [1.82, 2.24) is 10.6 Å². The average molecular weight is 426 g/mol. The summed E-state index contributed by atoms with van der Waals surface area (Å²) in [5, 5.41) is 16.7. The SMILES string of the molecule is O[C@H](CNCC(F)(F)F)[C@H](Cc1ccccc1)NC1c2ccccc2-c2ccccc21. The van der Waals surface area contributed by atoms with Gasteiger partial charge in [0.1, 0.15) is 0 Å². The summed E-state index contributed by atoms with van der Waals surface area (Å²) in [6.07, 6.45) is -4.82. The molecule has 0 heterocycles. The third-order valence-corrected chi connectivity index (χ3v) is 5.66. The molecule has 3 aromatic carbocycles. The maximum atomic E-state index is 12.6. The smallest absolute Gasteiger partial charge is 0.390 e. The zero-order valence-corrected chi connectivity index (χ0v) is 16.9. The topological polar surface area (TPSA) is 44.3 Å². The first kappa shape index (κ1) is 21.6.